The second kappa shape index (κ2) is 5.34. The van der Waals surface area contributed by atoms with Gasteiger partial charge in [-0.05, 0) is 45.8 Å². The molecule has 0 saturated carbocycles. The lowest BCUT2D eigenvalue weighted by molar-refractivity contribution is 0.0812. The van der Waals surface area contributed by atoms with Gasteiger partial charge in [0.25, 0.3) is 20.2 Å². The Hall–Kier alpha value is -1.44. The summed E-state index contributed by atoms with van der Waals surface area (Å²) < 4.78 is 98.1. The molecule has 149 valence electrons. The van der Waals surface area contributed by atoms with Crippen LogP contribution in [0.3, 0.4) is 0 Å². The minimum atomic E-state index is -5.11. The molecule has 1 aromatic rings. The number of hydrogen-bond acceptors (Lipinski definition) is 5. The van der Waals surface area contributed by atoms with Gasteiger partial charge in [-0.1, -0.05) is 0 Å². The molecule has 0 amide bonds. The Morgan fingerprint density at radius 1 is 1.07 bits per heavy atom. The van der Waals surface area contributed by atoms with Crippen molar-refractivity contribution in [3.63, 3.8) is 0 Å². The number of alkyl halides is 2. The third-order valence-corrected chi connectivity index (χ3v) is 7.86. The maximum atomic E-state index is 15.5. The van der Waals surface area contributed by atoms with E-state index in [2.05, 4.69) is 0 Å². The molecule has 1 radical (unpaired) electrons. The number of rotatable bonds is 2. The normalized spacial score (nSPS) is 31.0. The fourth-order valence-electron chi connectivity index (χ4n) is 4.52. The molecule has 3 atom stereocenters. The van der Waals surface area contributed by atoms with Gasteiger partial charge in [-0.2, -0.15) is 16.8 Å². The summed E-state index contributed by atoms with van der Waals surface area (Å²) in [7, 11) is -8.68. The van der Waals surface area contributed by atoms with Crippen LogP contribution in [0.2, 0.25) is 0 Å². The van der Waals surface area contributed by atoms with E-state index in [1.54, 1.807) is 0 Å². The van der Waals surface area contributed by atoms with E-state index in [0.717, 1.165) is 26.2 Å². The molecular formula is C14H18BF2N2O6S2. The molecule has 2 N–H and O–H groups in total. The molecule has 2 aliphatic rings. The maximum Gasteiger partial charge on any atom is 0.398 e. The van der Waals surface area contributed by atoms with E-state index in [4.69, 9.17) is 0 Å². The van der Waals surface area contributed by atoms with Crippen LogP contribution in [0, 0.1) is 13.8 Å². The SMILES string of the molecule is CC1=C2N([B]n3c(C)c(S(=O)(=O)O)c(C)c31)C(C)(F)C(S(=O)(=O)O)C2(C)F. The molecule has 1 aromatic heterocycles. The number of halogens is 2. The van der Waals surface area contributed by atoms with Gasteiger partial charge >= 0.3 is 7.55 Å². The summed E-state index contributed by atoms with van der Waals surface area (Å²) >= 11 is 0. The molecule has 13 heteroatoms. The summed E-state index contributed by atoms with van der Waals surface area (Å²) in [5, 5.41) is -2.41. The Morgan fingerprint density at radius 3 is 2.04 bits per heavy atom. The molecule has 3 unspecified atom stereocenters. The fraction of sp³-hybridized carbons (Fsp3) is 0.571. The van der Waals surface area contributed by atoms with Crippen molar-refractivity contribution in [2.24, 2.45) is 0 Å². The van der Waals surface area contributed by atoms with Gasteiger partial charge < -0.3 is 9.29 Å². The van der Waals surface area contributed by atoms with Gasteiger partial charge in [-0.3, -0.25) is 9.11 Å². The average Bonchev–Trinajstić information content (AvgIpc) is 2.75. The van der Waals surface area contributed by atoms with Crippen LogP contribution in [0.25, 0.3) is 5.57 Å². The van der Waals surface area contributed by atoms with Crippen LogP contribution in [0.15, 0.2) is 10.6 Å². The quantitative estimate of drug-likeness (QED) is 0.420. The number of fused-ring (bicyclic) bond motifs is 2. The molecular weight excluding hydrogens is 405 g/mol. The maximum absolute atomic E-state index is 15.5. The van der Waals surface area contributed by atoms with E-state index in [9.17, 15) is 25.9 Å². The lowest BCUT2D eigenvalue weighted by atomic mass is 9.91. The largest absolute Gasteiger partial charge is 0.398 e. The van der Waals surface area contributed by atoms with Crippen LogP contribution in [0.1, 0.15) is 37.7 Å². The van der Waals surface area contributed by atoms with Crippen molar-refractivity contribution in [2.45, 2.75) is 56.2 Å². The first-order chi connectivity index (χ1) is 11.9. The third kappa shape index (κ3) is 2.51. The highest BCUT2D eigenvalue weighted by atomic mass is 32.2. The first-order valence-corrected chi connectivity index (χ1v) is 10.8. The zero-order chi connectivity index (χ0) is 20.9. The van der Waals surface area contributed by atoms with E-state index >= 15 is 8.78 Å². The third-order valence-electron chi connectivity index (χ3n) is 5.27. The van der Waals surface area contributed by atoms with Gasteiger partial charge in [0, 0.05) is 17.1 Å². The zero-order valence-electron chi connectivity index (χ0n) is 15.1. The summed E-state index contributed by atoms with van der Waals surface area (Å²) in [6.45, 7) is 5.83. The van der Waals surface area contributed by atoms with Gasteiger partial charge in [-0.15, -0.1) is 0 Å². The van der Waals surface area contributed by atoms with Gasteiger partial charge in [0.15, 0.2) is 16.7 Å². The van der Waals surface area contributed by atoms with Gasteiger partial charge in [0.05, 0.1) is 0 Å². The van der Waals surface area contributed by atoms with E-state index < -0.39 is 36.9 Å². The fourth-order valence-corrected chi connectivity index (χ4v) is 6.80. The minimum absolute atomic E-state index is 0.0510. The van der Waals surface area contributed by atoms with Crippen molar-refractivity contribution >= 4 is 33.4 Å². The van der Waals surface area contributed by atoms with E-state index in [1.165, 1.54) is 25.2 Å². The van der Waals surface area contributed by atoms with Crippen molar-refractivity contribution in [3.05, 3.63) is 22.6 Å². The lowest BCUT2D eigenvalue weighted by Gasteiger charge is -2.36. The lowest BCUT2D eigenvalue weighted by Crippen LogP contribution is -2.52. The van der Waals surface area contributed by atoms with Gasteiger partial charge in [0.2, 0.25) is 0 Å². The Kier molecular flexibility index (Phi) is 4.01. The molecule has 2 aliphatic heterocycles. The van der Waals surface area contributed by atoms with Crippen LogP contribution >= 0.6 is 0 Å². The number of hydrogen-bond donors (Lipinski definition) is 2. The summed E-state index contributed by atoms with van der Waals surface area (Å²) in [5.41, 5.74) is -2.69. The topological polar surface area (TPSA) is 117 Å². The van der Waals surface area contributed by atoms with Crippen molar-refractivity contribution in [1.29, 1.82) is 0 Å². The second-order valence-electron chi connectivity index (χ2n) is 7.19. The Morgan fingerprint density at radius 2 is 1.59 bits per heavy atom. The second-order valence-corrected chi connectivity index (χ2v) is 10.0. The van der Waals surface area contributed by atoms with Crippen LogP contribution in [-0.2, 0) is 20.2 Å². The predicted octanol–water partition coefficient (Wildman–Crippen LogP) is 1.46. The Balaban J connectivity index is 2.40. The Labute approximate surface area is 156 Å². The molecule has 1 fully saturated rings. The van der Waals surface area contributed by atoms with Gasteiger partial charge in [0.1, 0.15) is 4.90 Å². The number of aromatic nitrogens is 1. The molecule has 0 aromatic carbocycles. The summed E-state index contributed by atoms with van der Waals surface area (Å²) in [5.74, 6) is -2.85. The molecule has 1 saturated heterocycles. The van der Waals surface area contributed by atoms with Crippen LogP contribution in [0.4, 0.5) is 8.78 Å². The van der Waals surface area contributed by atoms with Crippen LogP contribution in [0.5, 0.6) is 0 Å². The van der Waals surface area contributed by atoms with Crippen molar-refractivity contribution in [3.8, 4) is 0 Å². The van der Waals surface area contributed by atoms with E-state index in [-0.39, 0.29) is 33.1 Å². The zero-order valence-corrected chi connectivity index (χ0v) is 16.8. The molecule has 0 bridgehead atoms. The van der Waals surface area contributed by atoms with Crippen molar-refractivity contribution < 1.29 is 34.7 Å². The first kappa shape index (κ1) is 20.3. The minimum Gasteiger partial charge on any atom is -0.371 e. The van der Waals surface area contributed by atoms with E-state index in [0.29, 0.717) is 0 Å². The standard InChI is InChI=1S/C14H18BF2N2O6S2/c1-6-9-7(2)11-13(4,16)12(27(23,24)25)14(5,17)19(11)15-18(9)8(3)10(6)26(20,21)22/h12H,1-5H3,(H,20,21,22)(H,23,24,25). The highest BCUT2D eigenvalue weighted by Crippen LogP contribution is 2.54. The van der Waals surface area contributed by atoms with Crippen LogP contribution in [-0.4, -0.2) is 59.5 Å². The smallest absolute Gasteiger partial charge is 0.371 e. The van der Waals surface area contributed by atoms with Crippen LogP contribution < -0.4 is 0 Å². The Bertz CT molecular complexity index is 1110. The molecule has 3 heterocycles. The van der Waals surface area contributed by atoms with Crippen molar-refractivity contribution in [2.75, 3.05) is 0 Å². The molecule has 0 spiro atoms. The highest BCUT2D eigenvalue weighted by Gasteiger charge is 2.68. The molecule has 3 rings (SSSR count). The summed E-state index contributed by atoms with van der Waals surface area (Å²) in [6, 6.07) is 0. The summed E-state index contributed by atoms with van der Waals surface area (Å²) in [4.78, 5) is 0.357. The predicted molar refractivity (Wildman–Crippen MR) is 93.7 cm³/mol. The molecule has 0 aliphatic carbocycles. The highest BCUT2D eigenvalue weighted by molar-refractivity contribution is 7.86. The summed E-state index contributed by atoms with van der Waals surface area (Å²) in [6.07, 6.45) is 0. The first-order valence-electron chi connectivity index (χ1n) is 7.84. The molecule has 8 nitrogen and oxygen atoms in total. The van der Waals surface area contributed by atoms with Crippen molar-refractivity contribution in [1.82, 2.24) is 9.29 Å². The van der Waals surface area contributed by atoms with Gasteiger partial charge in [-0.25, -0.2) is 8.78 Å². The monoisotopic (exact) mass is 423 g/mol. The molecule has 27 heavy (non-hydrogen) atoms. The number of nitrogens with zero attached hydrogens (tertiary/aromatic N) is 2. The number of allylic oxidation sites excluding steroid dienone is 2. The average molecular weight is 423 g/mol. The van der Waals surface area contributed by atoms with E-state index in [1.807, 2.05) is 0 Å².